The molecule has 0 unspecified atom stereocenters. The van der Waals surface area contributed by atoms with Crippen molar-refractivity contribution in [3.8, 4) is 27.6 Å². The molecule has 0 radical (unpaired) electrons. The summed E-state index contributed by atoms with van der Waals surface area (Å²) in [6.45, 7) is 3.99. The molecule has 256 valence electrons. The molecule has 1 aliphatic carbocycles. The fourth-order valence-corrected chi connectivity index (χ4v) is 10.8. The van der Waals surface area contributed by atoms with Gasteiger partial charge in [-0.2, -0.15) is 0 Å². The van der Waals surface area contributed by atoms with E-state index in [-0.39, 0.29) is 40.2 Å². The topological polar surface area (TPSA) is 140 Å². The van der Waals surface area contributed by atoms with Gasteiger partial charge in [0.25, 0.3) is 5.89 Å². The predicted molar refractivity (Wildman–Crippen MR) is 190 cm³/mol. The third-order valence-electron chi connectivity index (χ3n) is 9.77. The van der Waals surface area contributed by atoms with Crippen molar-refractivity contribution in [2.45, 2.75) is 56.4 Å². The standard InChI is InChI=1S/C37H34FN5O5S2/c1-19(2)25-18-50(45,46)34-31(30(36-42-43-37(44)48-36)27(40-32(25)34)13-9-20-7-10-22(38)11-8-20)29-17-21-15-16-39-35(33(21)49-29)41-26-14-12-24-23(26)5-4-6-28(24)47-3/h4-8,10-11,15-17,19,25-26H,9,12-14,18H2,1-3H3,(H,39,41)(H,43,44)/t25-,26-/m0/s1. The lowest BCUT2D eigenvalue weighted by molar-refractivity contribution is 0.410. The molecule has 0 spiro atoms. The van der Waals surface area contributed by atoms with Crippen LogP contribution in [0.1, 0.15) is 60.3 Å². The molecule has 8 rings (SSSR count). The highest BCUT2D eigenvalue weighted by atomic mass is 32.2. The minimum absolute atomic E-state index is 0.000753. The number of fused-ring (bicyclic) bond motifs is 3. The summed E-state index contributed by atoms with van der Waals surface area (Å²) < 4.78 is 54.0. The number of rotatable bonds is 9. The van der Waals surface area contributed by atoms with Crippen LogP contribution in [0, 0.1) is 11.7 Å². The second-order valence-corrected chi connectivity index (χ2v) is 16.2. The molecule has 2 atom stereocenters. The van der Waals surface area contributed by atoms with Crippen molar-refractivity contribution >= 4 is 37.1 Å². The Morgan fingerprint density at radius 1 is 1.12 bits per heavy atom. The molecule has 13 heteroatoms. The van der Waals surface area contributed by atoms with Crippen molar-refractivity contribution in [1.82, 2.24) is 20.2 Å². The number of methoxy groups -OCH3 is 1. The van der Waals surface area contributed by atoms with Gasteiger partial charge in [-0.1, -0.05) is 38.1 Å². The number of pyridine rings is 2. The molecule has 50 heavy (non-hydrogen) atoms. The van der Waals surface area contributed by atoms with E-state index in [1.165, 1.54) is 34.6 Å². The number of ether oxygens (including phenoxy) is 1. The van der Waals surface area contributed by atoms with E-state index in [0.717, 1.165) is 34.2 Å². The van der Waals surface area contributed by atoms with Crippen LogP contribution >= 0.6 is 11.3 Å². The number of H-pyrrole nitrogens is 1. The van der Waals surface area contributed by atoms with E-state index in [0.29, 0.717) is 46.1 Å². The van der Waals surface area contributed by atoms with Gasteiger partial charge in [0, 0.05) is 22.6 Å². The smallest absolute Gasteiger partial charge is 0.434 e. The van der Waals surface area contributed by atoms with Crippen LogP contribution in [0.25, 0.3) is 32.0 Å². The normalized spacial score (nSPS) is 17.7. The molecule has 2 aliphatic rings. The first-order chi connectivity index (χ1) is 24.1. The van der Waals surface area contributed by atoms with E-state index < -0.39 is 15.6 Å². The summed E-state index contributed by atoms with van der Waals surface area (Å²) >= 11 is 1.42. The monoisotopic (exact) mass is 711 g/mol. The molecular weight excluding hydrogens is 678 g/mol. The number of aromatic nitrogens is 4. The predicted octanol–water partition coefficient (Wildman–Crippen LogP) is 7.26. The van der Waals surface area contributed by atoms with Crippen LogP contribution in [-0.4, -0.2) is 41.4 Å². The molecule has 0 amide bonds. The van der Waals surface area contributed by atoms with Gasteiger partial charge in [0.05, 0.1) is 45.5 Å². The number of hydrogen-bond acceptors (Lipinski definition) is 10. The van der Waals surface area contributed by atoms with E-state index in [4.69, 9.17) is 19.1 Å². The zero-order chi connectivity index (χ0) is 34.7. The number of nitrogens with zero attached hydrogens (tertiary/aromatic N) is 3. The number of halogens is 1. The Morgan fingerprint density at radius 3 is 2.68 bits per heavy atom. The highest BCUT2D eigenvalue weighted by molar-refractivity contribution is 7.92. The number of aryl methyl sites for hydroxylation is 2. The Kier molecular flexibility index (Phi) is 8.06. The van der Waals surface area contributed by atoms with Crippen LogP contribution < -0.4 is 15.8 Å². The van der Waals surface area contributed by atoms with E-state index in [2.05, 4.69) is 21.6 Å². The quantitative estimate of drug-likeness (QED) is 0.159. The molecule has 0 fully saturated rings. The van der Waals surface area contributed by atoms with Gasteiger partial charge in [-0.05, 0) is 84.0 Å². The summed E-state index contributed by atoms with van der Waals surface area (Å²) in [6, 6.07) is 16.2. The third-order valence-corrected chi connectivity index (χ3v) is 12.8. The fraction of sp³-hybridized carbons (Fsp3) is 0.297. The van der Waals surface area contributed by atoms with E-state index >= 15 is 0 Å². The van der Waals surface area contributed by atoms with Gasteiger partial charge >= 0.3 is 5.76 Å². The molecule has 2 aromatic carbocycles. The number of thiophene rings is 1. The average Bonchev–Trinajstić information content (AvgIpc) is 3.89. The number of benzene rings is 2. The summed E-state index contributed by atoms with van der Waals surface area (Å²) in [4.78, 5) is 22.9. The molecule has 0 bridgehead atoms. The molecule has 1 aliphatic heterocycles. The minimum Gasteiger partial charge on any atom is -0.496 e. The van der Waals surface area contributed by atoms with E-state index in [1.54, 1.807) is 25.4 Å². The van der Waals surface area contributed by atoms with Crippen LogP contribution in [0.3, 0.4) is 0 Å². The van der Waals surface area contributed by atoms with Gasteiger partial charge in [0.1, 0.15) is 17.4 Å². The Morgan fingerprint density at radius 2 is 1.94 bits per heavy atom. The lowest BCUT2D eigenvalue weighted by Gasteiger charge is -2.18. The minimum atomic E-state index is -3.80. The molecule has 0 saturated heterocycles. The van der Waals surface area contributed by atoms with Crippen LogP contribution in [0.2, 0.25) is 0 Å². The molecule has 4 aromatic heterocycles. The number of sulfone groups is 1. The molecule has 10 nitrogen and oxygen atoms in total. The zero-order valence-corrected chi connectivity index (χ0v) is 29.3. The first-order valence-corrected chi connectivity index (χ1v) is 19.0. The fourth-order valence-electron chi connectivity index (χ4n) is 7.33. The van der Waals surface area contributed by atoms with Crippen molar-refractivity contribution in [2.75, 3.05) is 18.2 Å². The van der Waals surface area contributed by atoms with Crippen LogP contribution in [0.4, 0.5) is 10.2 Å². The number of anilines is 1. The number of nitrogens with one attached hydrogen (secondary N) is 2. The Balaban J connectivity index is 1.31. The maximum atomic E-state index is 14.1. The molecule has 2 N–H and O–H groups in total. The first kappa shape index (κ1) is 32.3. The van der Waals surface area contributed by atoms with Crippen LogP contribution in [-0.2, 0) is 29.1 Å². The maximum Gasteiger partial charge on any atom is 0.434 e. The average molecular weight is 712 g/mol. The molecule has 5 heterocycles. The van der Waals surface area contributed by atoms with Gasteiger partial charge in [-0.3, -0.25) is 4.98 Å². The maximum absolute atomic E-state index is 14.1. The Bertz CT molecular complexity index is 2440. The van der Waals surface area contributed by atoms with Gasteiger partial charge in [-0.25, -0.2) is 27.7 Å². The summed E-state index contributed by atoms with van der Waals surface area (Å²) in [5.74, 6) is 0.0268. The molecule has 6 aromatic rings. The SMILES string of the molecule is COc1cccc2c1CC[C@@H]2Nc1nccc2cc(-c3c(-c4n[nH]c(=O)o4)c(CCc4ccc(F)cc4)nc4c3S(=O)(=O)C[C@H]4C(C)C)sc12. The van der Waals surface area contributed by atoms with Crippen molar-refractivity contribution in [2.24, 2.45) is 5.92 Å². The summed E-state index contributed by atoms with van der Waals surface area (Å²) in [7, 11) is -2.11. The highest BCUT2D eigenvalue weighted by Crippen LogP contribution is 2.51. The third kappa shape index (κ3) is 5.58. The number of aromatic amines is 1. The zero-order valence-electron chi connectivity index (χ0n) is 27.6. The van der Waals surface area contributed by atoms with Gasteiger partial charge < -0.3 is 14.5 Å². The van der Waals surface area contributed by atoms with Crippen molar-refractivity contribution < 1.29 is 22.0 Å². The van der Waals surface area contributed by atoms with Crippen molar-refractivity contribution in [1.29, 1.82) is 0 Å². The second kappa shape index (κ2) is 12.5. The Hall–Kier alpha value is -4.88. The lowest BCUT2D eigenvalue weighted by Crippen LogP contribution is -2.11. The highest BCUT2D eigenvalue weighted by Gasteiger charge is 2.43. The summed E-state index contributed by atoms with van der Waals surface area (Å²) in [5.41, 5.74) is 5.06. The van der Waals surface area contributed by atoms with Crippen molar-refractivity contribution in [3.63, 3.8) is 0 Å². The lowest BCUT2D eigenvalue weighted by atomic mass is 9.90. The van der Waals surface area contributed by atoms with Crippen LogP contribution in [0.15, 0.2) is 74.9 Å². The summed E-state index contributed by atoms with van der Waals surface area (Å²) in [5, 5.41) is 11.1. The van der Waals surface area contributed by atoms with Crippen LogP contribution in [0.5, 0.6) is 5.75 Å². The Labute approximate surface area is 291 Å². The van der Waals surface area contributed by atoms with Gasteiger partial charge in [-0.15, -0.1) is 16.4 Å². The molecule has 0 saturated carbocycles. The second-order valence-electron chi connectivity index (χ2n) is 13.2. The largest absolute Gasteiger partial charge is 0.496 e. The van der Waals surface area contributed by atoms with Gasteiger partial charge in [0.15, 0.2) is 9.84 Å². The van der Waals surface area contributed by atoms with E-state index in [9.17, 15) is 17.6 Å². The molecular formula is C37H34FN5O5S2. The number of hydrogen-bond donors (Lipinski definition) is 2. The van der Waals surface area contributed by atoms with E-state index in [1.807, 2.05) is 38.1 Å². The van der Waals surface area contributed by atoms with Gasteiger partial charge in [0.2, 0.25) is 0 Å². The summed E-state index contributed by atoms with van der Waals surface area (Å²) in [6.07, 6.45) is 4.35. The van der Waals surface area contributed by atoms with Crippen molar-refractivity contribution in [3.05, 3.63) is 105 Å². The first-order valence-electron chi connectivity index (χ1n) is 16.5.